The zero-order valence-electron chi connectivity index (χ0n) is 10.4. The molecule has 17 heavy (non-hydrogen) atoms. The van der Waals surface area contributed by atoms with E-state index >= 15 is 0 Å². The van der Waals surface area contributed by atoms with Gasteiger partial charge in [-0.2, -0.15) is 0 Å². The maximum Gasteiger partial charge on any atom is 0.121 e. The van der Waals surface area contributed by atoms with Gasteiger partial charge in [0.2, 0.25) is 0 Å². The van der Waals surface area contributed by atoms with Crippen LogP contribution in [0.1, 0.15) is 26.3 Å². The molecule has 0 radical (unpaired) electrons. The van der Waals surface area contributed by atoms with Crippen LogP contribution in [0.2, 0.25) is 5.02 Å². The Hall–Kier alpha value is -0.280. The van der Waals surface area contributed by atoms with E-state index in [0.29, 0.717) is 0 Å². The Bertz CT molecular complexity index is 378. The molecule has 0 spiro atoms. The average Bonchev–Trinajstić information content (AvgIpc) is 2.45. The molecule has 1 aliphatic rings. The van der Waals surface area contributed by atoms with E-state index in [2.05, 4.69) is 26.1 Å². The van der Waals surface area contributed by atoms with Crippen molar-refractivity contribution in [3.8, 4) is 0 Å². The summed E-state index contributed by atoms with van der Waals surface area (Å²) in [4.78, 5) is 0. The third-order valence-electron chi connectivity index (χ3n) is 2.81. The zero-order valence-corrected chi connectivity index (χ0v) is 12.0. The SMILES string of the molecule is CC1(C)COC(C)(Cc2ccc(Cl)cc2)N1.Cl. The summed E-state index contributed by atoms with van der Waals surface area (Å²) in [5.74, 6) is 0. The van der Waals surface area contributed by atoms with Gasteiger partial charge in [-0.25, -0.2) is 0 Å². The molecule has 1 aliphatic heterocycles. The highest BCUT2D eigenvalue weighted by atomic mass is 35.5. The minimum atomic E-state index is -0.267. The molecule has 1 aromatic carbocycles. The molecular formula is C13H19Cl2NO. The Morgan fingerprint density at radius 1 is 1.24 bits per heavy atom. The second kappa shape index (κ2) is 5.15. The summed E-state index contributed by atoms with van der Waals surface area (Å²) in [6.07, 6.45) is 0.855. The van der Waals surface area contributed by atoms with Gasteiger partial charge in [-0.1, -0.05) is 23.7 Å². The number of ether oxygens (including phenoxy) is 1. The average molecular weight is 276 g/mol. The number of rotatable bonds is 2. The van der Waals surface area contributed by atoms with Crippen molar-refractivity contribution < 1.29 is 4.74 Å². The highest BCUT2D eigenvalue weighted by molar-refractivity contribution is 6.30. The van der Waals surface area contributed by atoms with Gasteiger partial charge in [-0.15, -0.1) is 12.4 Å². The molecule has 4 heteroatoms. The van der Waals surface area contributed by atoms with Gasteiger partial charge in [0.15, 0.2) is 0 Å². The van der Waals surface area contributed by atoms with Crippen molar-refractivity contribution in [2.75, 3.05) is 6.61 Å². The molecule has 1 fully saturated rings. The van der Waals surface area contributed by atoms with Crippen molar-refractivity contribution in [3.63, 3.8) is 0 Å². The molecule has 1 heterocycles. The Kier molecular flexibility index (Phi) is 4.48. The van der Waals surface area contributed by atoms with E-state index in [1.54, 1.807) is 0 Å². The Labute approximate surface area is 114 Å². The maximum absolute atomic E-state index is 5.86. The van der Waals surface area contributed by atoms with Crippen molar-refractivity contribution in [2.24, 2.45) is 0 Å². The number of benzene rings is 1. The summed E-state index contributed by atoms with van der Waals surface area (Å²) in [5, 5.41) is 4.29. The van der Waals surface area contributed by atoms with Gasteiger partial charge in [0.05, 0.1) is 6.61 Å². The molecule has 1 atom stereocenters. The Morgan fingerprint density at radius 3 is 2.29 bits per heavy atom. The second-order valence-corrected chi connectivity index (χ2v) is 5.77. The summed E-state index contributed by atoms with van der Waals surface area (Å²) >= 11 is 5.86. The van der Waals surface area contributed by atoms with E-state index in [9.17, 15) is 0 Å². The minimum Gasteiger partial charge on any atom is -0.359 e. The molecule has 1 unspecified atom stereocenters. The number of nitrogens with one attached hydrogen (secondary N) is 1. The molecule has 0 aromatic heterocycles. The summed E-state index contributed by atoms with van der Waals surface area (Å²) in [5.41, 5.74) is 1.02. The second-order valence-electron chi connectivity index (χ2n) is 5.33. The van der Waals surface area contributed by atoms with E-state index in [4.69, 9.17) is 16.3 Å². The third-order valence-corrected chi connectivity index (χ3v) is 3.06. The minimum absolute atomic E-state index is 0. The molecule has 1 N–H and O–H groups in total. The van der Waals surface area contributed by atoms with Crippen molar-refractivity contribution in [2.45, 2.75) is 38.5 Å². The van der Waals surface area contributed by atoms with Crippen LogP contribution in [0.4, 0.5) is 0 Å². The fraction of sp³-hybridized carbons (Fsp3) is 0.538. The summed E-state index contributed by atoms with van der Waals surface area (Å²) in [7, 11) is 0. The molecule has 1 aromatic rings. The Morgan fingerprint density at radius 2 is 1.82 bits per heavy atom. The standard InChI is InChI=1S/C13H18ClNO.ClH/c1-12(2)9-16-13(3,15-12)8-10-4-6-11(14)7-5-10;/h4-7,15H,8-9H2,1-3H3;1H. The quantitative estimate of drug-likeness (QED) is 0.893. The first-order chi connectivity index (χ1) is 7.39. The fourth-order valence-corrected chi connectivity index (χ4v) is 2.34. The predicted molar refractivity (Wildman–Crippen MR) is 74.0 cm³/mol. The van der Waals surface area contributed by atoms with E-state index in [-0.39, 0.29) is 23.7 Å². The summed E-state index contributed by atoms with van der Waals surface area (Å²) in [6, 6.07) is 7.93. The number of hydrogen-bond donors (Lipinski definition) is 1. The van der Waals surface area contributed by atoms with Gasteiger partial charge in [-0.3, -0.25) is 5.32 Å². The van der Waals surface area contributed by atoms with Crippen LogP contribution in [0.3, 0.4) is 0 Å². The van der Waals surface area contributed by atoms with Crippen LogP contribution in [-0.2, 0) is 11.2 Å². The molecule has 96 valence electrons. The molecule has 2 nitrogen and oxygen atoms in total. The van der Waals surface area contributed by atoms with Crippen molar-refractivity contribution in [3.05, 3.63) is 34.9 Å². The highest BCUT2D eigenvalue weighted by Crippen LogP contribution is 2.26. The molecule has 0 aliphatic carbocycles. The lowest BCUT2D eigenvalue weighted by atomic mass is 10.0. The van der Waals surface area contributed by atoms with Gasteiger partial charge < -0.3 is 4.74 Å². The lowest BCUT2D eigenvalue weighted by Crippen LogP contribution is -2.47. The smallest absolute Gasteiger partial charge is 0.121 e. The van der Waals surface area contributed by atoms with Crippen molar-refractivity contribution >= 4 is 24.0 Å². The van der Waals surface area contributed by atoms with Crippen LogP contribution in [0.25, 0.3) is 0 Å². The first-order valence-electron chi connectivity index (χ1n) is 5.56. The third kappa shape index (κ3) is 3.85. The van der Waals surface area contributed by atoms with Crippen molar-refractivity contribution in [1.82, 2.24) is 5.32 Å². The van der Waals surface area contributed by atoms with Gasteiger partial charge in [-0.05, 0) is 38.5 Å². The van der Waals surface area contributed by atoms with Gasteiger partial charge in [0.25, 0.3) is 0 Å². The lowest BCUT2D eigenvalue weighted by Gasteiger charge is -2.26. The van der Waals surface area contributed by atoms with Crippen LogP contribution >= 0.6 is 24.0 Å². The lowest BCUT2D eigenvalue weighted by molar-refractivity contribution is 0.00670. The van der Waals surface area contributed by atoms with Gasteiger partial charge >= 0.3 is 0 Å². The molecule has 0 bridgehead atoms. The van der Waals surface area contributed by atoms with Gasteiger partial charge in [0.1, 0.15) is 5.72 Å². The monoisotopic (exact) mass is 275 g/mol. The highest BCUT2D eigenvalue weighted by Gasteiger charge is 2.39. The molecule has 2 rings (SSSR count). The van der Waals surface area contributed by atoms with E-state index in [1.807, 2.05) is 24.3 Å². The van der Waals surface area contributed by atoms with Crippen LogP contribution in [-0.4, -0.2) is 17.9 Å². The van der Waals surface area contributed by atoms with Crippen LogP contribution in [0.15, 0.2) is 24.3 Å². The van der Waals surface area contributed by atoms with Crippen molar-refractivity contribution in [1.29, 1.82) is 0 Å². The first kappa shape index (κ1) is 14.8. The normalized spacial score (nSPS) is 26.6. The Balaban J connectivity index is 0.00000144. The van der Waals surface area contributed by atoms with E-state index in [0.717, 1.165) is 18.1 Å². The van der Waals surface area contributed by atoms with Crippen LogP contribution < -0.4 is 5.32 Å². The predicted octanol–water partition coefficient (Wildman–Crippen LogP) is 3.42. The fourth-order valence-electron chi connectivity index (χ4n) is 2.21. The zero-order chi connectivity index (χ0) is 11.8. The van der Waals surface area contributed by atoms with Gasteiger partial charge in [0, 0.05) is 17.0 Å². The number of hydrogen-bond acceptors (Lipinski definition) is 2. The van der Waals surface area contributed by atoms with E-state index < -0.39 is 0 Å². The molecule has 0 amide bonds. The van der Waals surface area contributed by atoms with Crippen LogP contribution in [0, 0.1) is 0 Å². The van der Waals surface area contributed by atoms with E-state index in [1.165, 1.54) is 5.56 Å². The molecular weight excluding hydrogens is 257 g/mol. The molecule has 1 saturated heterocycles. The summed E-state index contributed by atoms with van der Waals surface area (Å²) in [6.45, 7) is 7.15. The number of halogens is 2. The topological polar surface area (TPSA) is 21.3 Å². The maximum atomic E-state index is 5.86. The molecule has 0 saturated carbocycles. The summed E-state index contributed by atoms with van der Waals surface area (Å²) < 4.78 is 5.85. The van der Waals surface area contributed by atoms with Crippen LogP contribution in [0.5, 0.6) is 0 Å². The largest absolute Gasteiger partial charge is 0.359 e. The first-order valence-corrected chi connectivity index (χ1v) is 5.94.